The largest absolute Gasteiger partial charge is 0.408 e. The predicted molar refractivity (Wildman–Crippen MR) is 76.3 cm³/mol. The summed E-state index contributed by atoms with van der Waals surface area (Å²) >= 11 is 0. The molecule has 0 aliphatic heterocycles. The molecule has 0 aromatic carbocycles. The van der Waals surface area contributed by atoms with E-state index in [1.807, 2.05) is 0 Å². The highest BCUT2D eigenvalue weighted by atomic mass is 35.5. The minimum absolute atomic E-state index is 0. The Bertz CT molecular complexity index is 423. The van der Waals surface area contributed by atoms with Gasteiger partial charge in [-0.3, -0.25) is 9.48 Å². The van der Waals surface area contributed by atoms with E-state index in [0.717, 1.165) is 30.4 Å². The van der Waals surface area contributed by atoms with Crippen molar-refractivity contribution in [2.45, 2.75) is 44.8 Å². The van der Waals surface area contributed by atoms with Crippen molar-refractivity contribution >= 4 is 24.0 Å². The van der Waals surface area contributed by atoms with Crippen LogP contribution in [-0.2, 0) is 11.3 Å². The molecular formula is C12H20ClF3N4O. The molecule has 1 amide bonds. The van der Waals surface area contributed by atoms with E-state index in [2.05, 4.69) is 10.4 Å². The van der Waals surface area contributed by atoms with Crippen LogP contribution in [0.1, 0.15) is 32.1 Å². The molecule has 0 aliphatic carbocycles. The fraction of sp³-hybridized carbons (Fsp3) is 0.667. The Morgan fingerprint density at radius 3 is 2.57 bits per heavy atom. The van der Waals surface area contributed by atoms with Crippen LogP contribution >= 0.6 is 12.4 Å². The van der Waals surface area contributed by atoms with Gasteiger partial charge in [-0.1, -0.05) is 12.8 Å². The van der Waals surface area contributed by atoms with Crippen LogP contribution in [0.2, 0.25) is 0 Å². The number of carbonyl (C=O) groups excluding carboxylic acids is 1. The van der Waals surface area contributed by atoms with Gasteiger partial charge in [0.15, 0.2) is 0 Å². The summed E-state index contributed by atoms with van der Waals surface area (Å²) in [5.74, 6) is -0.218. The van der Waals surface area contributed by atoms with Gasteiger partial charge in [-0.15, -0.1) is 12.4 Å². The van der Waals surface area contributed by atoms with E-state index < -0.39 is 12.7 Å². The average molecular weight is 329 g/mol. The quantitative estimate of drug-likeness (QED) is 0.721. The van der Waals surface area contributed by atoms with Gasteiger partial charge in [-0.05, 0) is 19.4 Å². The number of unbranched alkanes of at least 4 members (excludes halogenated alkanes) is 3. The second kappa shape index (κ2) is 9.62. The number of nitrogens with one attached hydrogen (secondary N) is 1. The SMILES string of the molecule is Cl.NCCCCCCC(=O)Nc1cnn(CC(F)(F)F)c1. The van der Waals surface area contributed by atoms with Crippen LogP contribution in [0.3, 0.4) is 0 Å². The fourth-order valence-electron chi connectivity index (χ4n) is 1.71. The standard InChI is InChI=1S/C12H19F3N4O.ClH/c13-12(14,15)9-19-8-10(7-17-19)18-11(20)5-3-1-2-4-6-16;/h7-8H,1-6,9,16H2,(H,18,20);1H. The third-order valence-corrected chi connectivity index (χ3v) is 2.62. The second-order valence-corrected chi connectivity index (χ2v) is 4.54. The Kier molecular flexibility index (Phi) is 9.03. The number of hydrogen-bond acceptors (Lipinski definition) is 3. The van der Waals surface area contributed by atoms with Gasteiger partial charge in [0.05, 0.1) is 11.9 Å². The van der Waals surface area contributed by atoms with Crippen molar-refractivity contribution in [3.8, 4) is 0 Å². The molecule has 0 saturated carbocycles. The van der Waals surface area contributed by atoms with Crippen LogP contribution in [0.25, 0.3) is 0 Å². The molecule has 21 heavy (non-hydrogen) atoms. The number of aromatic nitrogens is 2. The lowest BCUT2D eigenvalue weighted by atomic mass is 10.1. The van der Waals surface area contributed by atoms with Gasteiger partial charge in [0.1, 0.15) is 6.54 Å². The van der Waals surface area contributed by atoms with Crippen molar-refractivity contribution in [2.75, 3.05) is 11.9 Å². The second-order valence-electron chi connectivity index (χ2n) is 4.54. The predicted octanol–water partition coefficient (Wildman–Crippen LogP) is 2.71. The molecule has 122 valence electrons. The summed E-state index contributed by atoms with van der Waals surface area (Å²) in [5.41, 5.74) is 5.63. The summed E-state index contributed by atoms with van der Waals surface area (Å²) < 4.78 is 37.1. The molecule has 1 aromatic heterocycles. The van der Waals surface area contributed by atoms with Gasteiger partial charge < -0.3 is 11.1 Å². The van der Waals surface area contributed by atoms with Crippen molar-refractivity contribution in [1.29, 1.82) is 0 Å². The highest BCUT2D eigenvalue weighted by molar-refractivity contribution is 5.90. The molecule has 0 fully saturated rings. The van der Waals surface area contributed by atoms with Crippen molar-refractivity contribution < 1.29 is 18.0 Å². The molecule has 9 heteroatoms. The Labute approximate surface area is 127 Å². The lowest BCUT2D eigenvalue weighted by Crippen LogP contribution is -2.17. The smallest absolute Gasteiger partial charge is 0.330 e. The third kappa shape index (κ3) is 9.30. The number of nitrogens with two attached hydrogens (primary N) is 1. The number of amides is 1. The molecule has 1 aromatic rings. The fourth-order valence-corrected chi connectivity index (χ4v) is 1.71. The van der Waals surface area contributed by atoms with Crippen LogP contribution in [0.5, 0.6) is 0 Å². The molecule has 0 radical (unpaired) electrons. The van der Waals surface area contributed by atoms with Crippen LogP contribution in [0.15, 0.2) is 12.4 Å². The summed E-state index contributed by atoms with van der Waals surface area (Å²) in [6.07, 6.45) is 1.96. The molecule has 1 rings (SSSR count). The van der Waals surface area contributed by atoms with Crippen molar-refractivity contribution in [1.82, 2.24) is 9.78 Å². The molecule has 5 nitrogen and oxygen atoms in total. The summed E-state index contributed by atoms with van der Waals surface area (Å²) in [6.45, 7) is -0.521. The number of nitrogens with zero attached hydrogens (tertiary/aromatic N) is 2. The average Bonchev–Trinajstić information content (AvgIpc) is 2.73. The van der Waals surface area contributed by atoms with E-state index in [-0.39, 0.29) is 24.0 Å². The van der Waals surface area contributed by atoms with Gasteiger partial charge >= 0.3 is 6.18 Å². The monoisotopic (exact) mass is 328 g/mol. The van der Waals surface area contributed by atoms with Crippen molar-refractivity contribution in [3.05, 3.63) is 12.4 Å². The van der Waals surface area contributed by atoms with Gasteiger partial charge in [-0.2, -0.15) is 18.3 Å². The highest BCUT2D eigenvalue weighted by Crippen LogP contribution is 2.18. The third-order valence-electron chi connectivity index (χ3n) is 2.62. The summed E-state index contributed by atoms with van der Waals surface area (Å²) in [7, 11) is 0. The van der Waals surface area contributed by atoms with Gasteiger partial charge in [0.25, 0.3) is 0 Å². The maximum Gasteiger partial charge on any atom is 0.408 e. The van der Waals surface area contributed by atoms with Crippen molar-refractivity contribution in [3.63, 3.8) is 0 Å². The molecule has 0 atom stereocenters. The number of alkyl halides is 3. The van der Waals surface area contributed by atoms with Crippen LogP contribution in [0.4, 0.5) is 18.9 Å². The summed E-state index contributed by atoms with van der Waals surface area (Å²) in [6, 6.07) is 0. The molecule has 0 unspecified atom stereocenters. The van der Waals surface area contributed by atoms with E-state index in [1.165, 1.54) is 12.4 Å². The first-order valence-corrected chi connectivity index (χ1v) is 6.50. The first-order chi connectivity index (χ1) is 9.40. The van der Waals surface area contributed by atoms with Crippen LogP contribution < -0.4 is 11.1 Å². The minimum Gasteiger partial charge on any atom is -0.330 e. The summed E-state index contributed by atoms with van der Waals surface area (Å²) in [5, 5.41) is 6.07. The summed E-state index contributed by atoms with van der Waals surface area (Å²) in [4.78, 5) is 11.5. The molecule has 0 saturated heterocycles. The molecule has 0 bridgehead atoms. The topological polar surface area (TPSA) is 72.9 Å². The first-order valence-electron chi connectivity index (χ1n) is 6.50. The molecule has 3 N–H and O–H groups in total. The van der Waals surface area contributed by atoms with Gasteiger partial charge in [0.2, 0.25) is 5.91 Å². The number of carbonyl (C=O) groups is 1. The Morgan fingerprint density at radius 2 is 1.95 bits per heavy atom. The first kappa shape index (κ1) is 19.7. The number of hydrogen-bond donors (Lipinski definition) is 2. The zero-order valence-electron chi connectivity index (χ0n) is 11.5. The van der Waals surface area contributed by atoms with E-state index in [0.29, 0.717) is 13.0 Å². The normalized spacial score (nSPS) is 11.0. The zero-order valence-corrected chi connectivity index (χ0v) is 12.3. The molecule has 0 aliphatic rings. The zero-order chi connectivity index (χ0) is 15.0. The number of rotatable bonds is 8. The Morgan fingerprint density at radius 1 is 1.29 bits per heavy atom. The van der Waals surface area contributed by atoms with Gasteiger partial charge in [0, 0.05) is 12.6 Å². The van der Waals surface area contributed by atoms with Gasteiger partial charge in [-0.25, -0.2) is 0 Å². The Hall–Kier alpha value is -1.28. The number of anilines is 1. The van der Waals surface area contributed by atoms with E-state index in [1.54, 1.807) is 0 Å². The maximum absolute atomic E-state index is 12.1. The van der Waals surface area contributed by atoms with E-state index >= 15 is 0 Å². The lowest BCUT2D eigenvalue weighted by molar-refractivity contribution is -0.142. The Balaban J connectivity index is 0.00000400. The van der Waals surface area contributed by atoms with Crippen LogP contribution in [-0.4, -0.2) is 28.4 Å². The number of halogens is 4. The van der Waals surface area contributed by atoms with Crippen molar-refractivity contribution in [2.24, 2.45) is 5.73 Å². The molecular weight excluding hydrogens is 309 g/mol. The maximum atomic E-state index is 12.1. The van der Waals surface area contributed by atoms with Crippen LogP contribution in [0, 0.1) is 0 Å². The molecule has 0 spiro atoms. The molecule has 1 heterocycles. The lowest BCUT2D eigenvalue weighted by Gasteiger charge is -2.05. The minimum atomic E-state index is -4.32. The highest BCUT2D eigenvalue weighted by Gasteiger charge is 2.28. The van der Waals surface area contributed by atoms with E-state index in [9.17, 15) is 18.0 Å². The van der Waals surface area contributed by atoms with E-state index in [4.69, 9.17) is 5.73 Å².